The summed E-state index contributed by atoms with van der Waals surface area (Å²) in [6, 6.07) is 12.6. The zero-order valence-electron chi connectivity index (χ0n) is 13.5. The third kappa shape index (κ3) is 3.85. The maximum Gasteiger partial charge on any atom is 0.255 e. The number of methoxy groups -OCH3 is 1. The first kappa shape index (κ1) is 17.9. The van der Waals surface area contributed by atoms with Gasteiger partial charge in [-0.3, -0.25) is 4.79 Å². The molecule has 1 saturated heterocycles. The fourth-order valence-corrected chi connectivity index (χ4v) is 4.11. The first-order chi connectivity index (χ1) is 11.9. The van der Waals surface area contributed by atoms with Crippen LogP contribution in [-0.2, 0) is 14.8 Å². The SMILES string of the molecule is COC1CN(S(=O)(=O)c2cccc(C(=O)Nc3ccc(Cl)cc3)c2)C1. The normalized spacial score (nSPS) is 15.6. The number of hydrogen-bond acceptors (Lipinski definition) is 4. The van der Waals surface area contributed by atoms with Gasteiger partial charge < -0.3 is 10.1 Å². The van der Waals surface area contributed by atoms with Gasteiger partial charge in [0.1, 0.15) is 0 Å². The van der Waals surface area contributed by atoms with Crippen molar-refractivity contribution in [3.05, 3.63) is 59.1 Å². The number of anilines is 1. The Morgan fingerprint density at radius 1 is 1.20 bits per heavy atom. The van der Waals surface area contributed by atoms with E-state index in [0.717, 1.165) is 0 Å². The number of sulfonamides is 1. The summed E-state index contributed by atoms with van der Waals surface area (Å²) >= 11 is 5.81. The zero-order chi connectivity index (χ0) is 18.0. The van der Waals surface area contributed by atoms with Crippen LogP contribution >= 0.6 is 11.6 Å². The number of nitrogens with one attached hydrogen (secondary N) is 1. The van der Waals surface area contributed by atoms with Gasteiger partial charge in [-0.15, -0.1) is 0 Å². The molecular weight excluding hydrogens is 364 g/mol. The van der Waals surface area contributed by atoms with Crippen LogP contribution in [0.15, 0.2) is 53.4 Å². The molecule has 0 spiro atoms. The summed E-state index contributed by atoms with van der Waals surface area (Å²) in [5, 5.41) is 3.28. The minimum Gasteiger partial charge on any atom is -0.379 e. The van der Waals surface area contributed by atoms with Gasteiger partial charge in [-0.2, -0.15) is 4.31 Å². The number of hydrogen-bond donors (Lipinski definition) is 1. The monoisotopic (exact) mass is 380 g/mol. The molecule has 1 N–H and O–H groups in total. The van der Waals surface area contributed by atoms with Gasteiger partial charge in [-0.1, -0.05) is 17.7 Å². The van der Waals surface area contributed by atoms with Crippen LogP contribution < -0.4 is 5.32 Å². The molecule has 25 heavy (non-hydrogen) atoms. The molecule has 0 unspecified atom stereocenters. The second kappa shape index (κ2) is 7.13. The van der Waals surface area contributed by atoms with Gasteiger partial charge in [0.2, 0.25) is 10.0 Å². The molecule has 0 aliphatic carbocycles. The summed E-state index contributed by atoms with van der Waals surface area (Å²) < 4.78 is 31.6. The minimum atomic E-state index is -3.62. The quantitative estimate of drug-likeness (QED) is 0.865. The lowest BCUT2D eigenvalue weighted by atomic mass is 10.2. The van der Waals surface area contributed by atoms with E-state index in [4.69, 9.17) is 16.3 Å². The van der Waals surface area contributed by atoms with E-state index < -0.39 is 15.9 Å². The summed E-state index contributed by atoms with van der Waals surface area (Å²) in [7, 11) is -2.07. The van der Waals surface area contributed by atoms with Crippen molar-refractivity contribution >= 4 is 33.2 Å². The van der Waals surface area contributed by atoms with E-state index >= 15 is 0 Å². The molecule has 2 aromatic rings. The number of amides is 1. The van der Waals surface area contributed by atoms with Crippen LogP contribution in [0.1, 0.15) is 10.4 Å². The Bertz CT molecular complexity index is 878. The smallest absolute Gasteiger partial charge is 0.255 e. The lowest BCUT2D eigenvalue weighted by molar-refractivity contribution is 0.0125. The van der Waals surface area contributed by atoms with Crippen LogP contribution in [0.4, 0.5) is 5.69 Å². The molecule has 1 aliphatic heterocycles. The predicted octanol–water partition coefficient (Wildman–Crippen LogP) is 2.61. The van der Waals surface area contributed by atoms with Crippen molar-refractivity contribution in [2.45, 2.75) is 11.0 Å². The van der Waals surface area contributed by atoms with Crippen molar-refractivity contribution in [2.24, 2.45) is 0 Å². The molecule has 8 heteroatoms. The molecule has 0 atom stereocenters. The van der Waals surface area contributed by atoms with Crippen LogP contribution in [0.5, 0.6) is 0 Å². The van der Waals surface area contributed by atoms with Crippen LogP contribution in [0, 0.1) is 0 Å². The molecule has 0 aromatic heterocycles. The fraction of sp³-hybridized carbons (Fsp3) is 0.235. The Morgan fingerprint density at radius 3 is 2.52 bits per heavy atom. The molecular formula is C17H17ClN2O4S. The maximum atomic E-state index is 12.6. The predicted molar refractivity (Wildman–Crippen MR) is 95.4 cm³/mol. The Balaban J connectivity index is 1.77. The van der Waals surface area contributed by atoms with Crippen LogP contribution in [0.2, 0.25) is 5.02 Å². The van der Waals surface area contributed by atoms with E-state index in [1.807, 2.05) is 0 Å². The van der Waals surface area contributed by atoms with E-state index in [0.29, 0.717) is 23.8 Å². The van der Waals surface area contributed by atoms with Crippen molar-refractivity contribution < 1.29 is 17.9 Å². The molecule has 1 fully saturated rings. The minimum absolute atomic E-state index is 0.0776. The van der Waals surface area contributed by atoms with E-state index in [2.05, 4.69) is 5.32 Å². The van der Waals surface area contributed by atoms with Crippen LogP contribution in [0.25, 0.3) is 0 Å². The summed E-state index contributed by atoms with van der Waals surface area (Å²) in [6.07, 6.45) is -0.0776. The Kier molecular flexibility index (Phi) is 5.10. The first-order valence-corrected chi connectivity index (χ1v) is 9.42. The molecule has 0 saturated carbocycles. The average molecular weight is 381 g/mol. The van der Waals surface area contributed by atoms with E-state index in [1.54, 1.807) is 43.5 Å². The Morgan fingerprint density at radius 2 is 1.88 bits per heavy atom. The number of carbonyl (C=O) groups is 1. The molecule has 1 amide bonds. The molecule has 3 rings (SSSR count). The van der Waals surface area contributed by atoms with Gasteiger partial charge in [0, 0.05) is 36.5 Å². The van der Waals surface area contributed by atoms with Gasteiger partial charge in [0.05, 0.1) is 11.0 Å². The summed E-state index contributed by atoms with van der Waals surface area (Å²) in [5.74, 6) is -0.391. The van der Waals surface area contributed by atoms with E-state index in [1.165, 1.54) is 16.4 Å². The Labute approximate surface area is 151 Å². The van der Waals surface area contributed by atoms with E-state index in [9.17, 15) is 13.2 Å². The molecule has 6 nitrogen and oxygen atoms in total. The number of rotatable bonds is 5. The topological polar surface area (TPSA) is 75.7 Å². The summed E-state index contributed by atoms with van der Waals surface area (Å²) in [6.45, 7) is 0.639. The number of benzene rings is 2. The van der Waals surface area contributed by atoms with Gasteiger partial charge in [0.25, 0.3) is 5.91 Å². The summed E-state index contributed by atoms with van der Waals surface area (Å²) in [5.41, 5.74) is 0.841. The van der Waals surface area contributed by atoms with Crippen molar-refractivity contribution in [2.75, 3.05) is 25.5 Å². The molecule has 0 bridgehead atoms. The third-order valence-corrected chi connectivity index (χ3v) is 6.06. The van der Waals surface area contributed by atoms with Gasteiger partial charge in [0.15, 0.2) is 0 Å². The molecule has 132 valence electrons. The first-order valence-electron chi connectivity index (χ1n) is 7.60. The lowest BCUT2D eigenvalue weighted by Gasteiger charge is -2.36. The zero-order valence-corrected chi connectivity index (χ0v) is 15.0. The standard InChI is InChI=1S/C17H17ClN2O4S/c1-24-15-10-20(11-15)25(22,23)16-4-2-3-12(9-16)17(21)19-14-7-5-13(18)6-8-14/h2-9,15H,10-11H2,1H3,(H,19,21). The van der Waals surface area contributed by atoms with Crippen molar-refractivity contribution in [1.29, 1.82) is 0 Å². The highest BCUT2D eigenvalue weighted by Gasteiger charge is 2.36. The van der Waals surface area contributed by atoms with Gasteiger partial charge in [-0.25, -0.2) is 8.42 Å². The highest BCUT2D eigenvalue weighted by atomic mass is 35.5. The van der Waals surface area contributed by atoms with Crippen LogP contribution in [-0.4, -0.2) is 44.9 Å². The third-order valence-electron chi connectivity index (χ3n) is 3.98. The number of halogens is 1. The number of ether oxygens (including phenoxy) is 1. The molecule has 0 radical (unpaired) electrons. The van der Waals surface area contributed by atoms with E-state index in [-0.39, 0.29) is 16.6 Å². The maximum absolute atomic E-state index is 12.6. The van der Waals surface area contributed by atoms with Gasteiger partial charge in [-0.05, 0) is 42.5 Å². The van der Waals surface area contributed by atoms with Crippen LogP contribution in [0.3, 0.4) is 0 Å². The van der Waals surface area contributed by atoms with Crippen molar-refractivity contribution in [1.82, 2.24) is 4.31 Å². The average Bonchev–Trinajstić information content (AvgIpc) is 2.56. The summed E-state index contributed by atoms with van der Waals surface area (Å²) in [4.78, 5) is 12.4. The highest BCUT2D eigenvalue weighted by molar-refractivity contribution is 7.89. The second-order valence-corrected chi connectivity index (χ2v) is 8.04. The second-order valence-electron chi connectivity index (χ2n) is 5.67. The largest absolute Gasteiger partial charge is 0.379 e. The molecule has 1 aliphatic rings. The van der Waals surface area contributed by atoms with Crippen molar-refractivity contribution in [3.8, 4) is 0 Å². The number of nitrogens with zero attached hydrogens (tertiary/aromatic N) is 1. The molecule has 1 heterocycles. The van der Waals surface area contributed by atoms with Crippen molar-refractivity contribution in [3.63, 3.8) is 0 Å². The Hall–Kier alpha value is -1.93. The fourth-order valence-electron chi connectivity index (χ4n) is 2.43. The highest BCUT2D eigenvalue weighted by Crippen LogP contribution is 2.24. The molecule has 2 aromatic carbocycles. The van der Waals surface area contributed by atoms with Gasteiger partial charge >= 0.3 is 0 Å². The lowest BCUT2D eigenvalue weighted by Crippen LogP contribution is -2.54. The number of carbonyl (C=O) groups excluding carboxylic acids is 1.